The van der Waals surface area contributed by atoms with Gasteiger partial charge in [0.15, 0.2) is 0 Å². The minimum absolute atomic E-state index is 0.0876. The van der Waals surface area contributed by atoms with Crippen LogP contribution in [-0.4, -0.2) is 22.2 Å². The summed E-state index contributed by atoms with van der Waals surface area (Å²) >= 11 is 0. The largest absolute Gasteiger partial charge is 0.403 e. The van der Waals surface area contributed by atoms with Crippen molar-refractivity contribution in [3.05, 3.63) is 18.3 Å². The molecule has 0 N–H and O–H groups in total. The van der Waals surface area contributed by atoms with E-state index in [2.05, 4.69) is 4.74 Å². The van der Waals surface area contributed by atoms with Crippen LogP contribution < -0.4 is 4.74 Å². The van der Waals surface area contributed by atoms with Gasteiger partial charge in [0, 0.05) is 12.3 Å². The van der Waals surface area contributed by atoms with E-state index in [1.54, 1.807) is 0 Å². The number of ketones is 1. The van der Waals surface area contributed by atoms with Crippen LogP contribution in [0, 0.1) is 0 Å². The summed E-state index contributed by atoms with van der Waals surface area (Å²) in [5, 5.41) is 0. The van der Waals surface area contributed by atoms with Gasteiger partial charge >= 0.3 is 17.7 Å². The van der Waals surface area contributed by atoms with Gasteiger partial charge in [-0.2, -0.15) is 0 Å². The first-order valence-corrected chi connectivity index (χ1v) is 3.18. The molecular formula is C7H3NO4. The SMILES string of the molecule is O=C1Oc2cccn2C(=O)C1=O. The molecule has 0 radical (unpaired) electrons. The van der Waals surface area contributed by atoms with E-state index in [0.717, 1.165) is 4.57 Å². The van der Waals surface area contributed by atoms with Crippen molar-refractivity contribution in [2.24, 2.45) is 0 Å². The van der Waals surface area contributed by atoms with Crippen LogP contribution in [0.1, 0.15) is 4.79 Å². The number of esters is 1. The molecule has 0 aromatic carbocycles. The third-order valence-corrected chi connectivity index (χ3v) is 1.51. The molecule has 0 fully saturated rings. The van der Waals surface area contributed by atoms with Crippen molar-refractivity contribution in [2.75, 3.05) is 0 Å². The molecule has 2 rings (SSSR count). The number of Topliss-reactive ketones (excluding diaryl/α,β-unsaturated/α-hetero) is 1. The number of carbonyl (C=O) groups is 3. The van der Waals surface area contributed by atoms with Gasteiger partial charge < -0.3 is 4.74 Å². The summed E-state index contributed by atoms with van der Waals surface area (Å²) in [6.45, 7) is 0. The van der Waals surface area contributed by atoms with E-state index in [-0.39, 0.29) is 5.88 Å². The van der Waals surface area contributed by atoms with E-state index in [0.29, 0.717) is 0 Å². The van der Waals surface area contributed by atoms with Gasteiger partial charge in [0.2, 0.25) is 5.88 Å². The summed E-state index contributed by atoms with van der Waals surface area (Å²) < 4.78 is 5.50. The lowest BCUT2D eigenvalue weighted by atomic mass is 10.3. The average Bonchev–Trinajstić information content (AvgIpc) is 2.48. The minimum atomic E-state index is -1.14. The molecule has 2 heterocycles. The number of rotatable bonds is 0. The lowest BCUT2D eigenvalue weighted by Crippen LogP contribution is -2.37. The maximum absolute atomic E-state index is 11.0. The Balaban J connectivity index is 2.60. The Labute approximate surface area is 66.5 Å². The van der Waals surface area contributed by atoms with Crippen LogP contribution >= 0.6 is 0 Å². The van der Waals surface area contributed by atoms with E-state index in [1.165, 1.54) is 18.3 Å². The molecule has 5 heteroatoms. The van der Waals surface area contributed by atoms with Crippen LogP contribution in [-0.2, 0) is 9.59 Å². The standard InChI is InChI=1S/C7H3NO4/c9-5-6(10)8-3-1-2-4(8)12-7(5)11/h1-3H. The topological polar surface area (TPSA) is 65.4 Å². The molecule has 1 aliphatic heterocycles. The van der Waals surface area contributed by atoms with Crippen LogP contribution in [0.4, 0.5) is 0 Å². The van der Waals surface area contributed by atoms with Crippen molar-refractivity contribution in [3.8, 4) is 5.88 Å². The fourth-order valence-electron chi connectivity index (χ4n) is 0.954. The van der Waals surface area contributed by atoms with Gasteiger partial charge in [-0.15, -0.1) is 0 Å². The van der Waals surface area contributed by atoms with Gasteiger partial charge in [0.05, 0.1) is 0 Å². The molecule has 0 spiro atoms. The van der Waals surface area contributed by atoms with Crippen LogP contribution in [0.15, 0.2) is 18.3 Å². The Bertz CT molecular complexity index is 390. The van der Waals surface area contributed by atoms with Crippen LogP contribution in [0.5, 0.6) is 5.88 Å². The number of nitrogens with zero attached hydrogens (tertiary/aromatic N) is 1. The second kappa shape index (κ2) is 2.04. The highest BCUT2D eigenvalue weighted by Gasteiger charge is 2.33. The summed E-state index contributed by atoms with van der Waals surface area (Å²) in [5.74, 6) is -3.04. The molecule has 60 valence electrons. The summed E-state index contributed by atoms with van der Waals surface area (Å²) in [7, 11) is 0. The monoisotopic (exact) mass is 165 g/mol. The Kier molecular flexibility index (Phi) is 1.15. The van der Waals surface area contributed by atoms with E-state index >= 15 is 0 Å². The maximum atomic E-state index is 11.0. The lowest BCUT2D eigenvalue weighted by molar-refractivity contribution is -0.146. The predicted molar refractivity (Wildman–Crippen MR) is 35.7 cm³/mol. The molecule has 1 aliphatic rings. The molecule has 0 saturated carbocycles. The first kappa shape index (κ1) is 6.78. The van der Waals surface area contributed by atoms with Crippen LogP contribution in [0.3, 0.4) is 0 Å². The Morgan fingerprint density at radius 3 is 2.75 bits per heavy atom. The lowest BCUT2D eigenvalue weighted by Gasteiger charge is -2.10. The number of fused-ring (bicyclic) bond motifs is 1. The van der Waals surface area contributed by atoms with Gasteiger partial charge in [-0.25, -0.2) is 4.79 Å². The van der Waals surface area contributed by atoms with Crippen molar-refractivity contribution in [1.29, 1.82) is 0 Å². The zero-order valence-electron chi connectivity index (χ0n) is 5.81. The smallest absolute Gasteiger partial charge is 0.391 e. The van der Waals surface area contributed by atoms with Crippen LogP contribution in [0.2, 0.25) is 0 Å². The Hall–Kier alpha value is -1.91. The minimum Gasteiger partial charge on any atom is -0.403 e. The molecule has 0 aliphatic carbocycles. The predicted octanol–water partition coefficient (Wildman–Crippen LogP) is -0.384. The molecule has 0 atom stereocenters. The van der Waals surface area contributed by atoms with Gasteiger partial charge in [-0.3, -0.25) is 14.2 Å². The highest BCUT2D eigenvalue weighted by Crippen LogP contribution is 2.16. The zero-order chi connectivity index (χ0) is 8.72. The van der Waals surface area contributed by atoms with Gasteiger partial charge in [-0.05, 0) is 6.07 Å². The van der Waals surface area contributed by atoms with Crippen molar-refractivity contribution in [2.45, 2.75) is 0 Å². The molecule has 5 nitrogen and oxygen atoms in total. The molecule has 1 aromatic heterocycles. The number of hydrogen-bond acceptors (Lipinski definition) is 4. The second-order valence-electron chi connectivity index (χ2n) is 2.24. The highest BCUT2D eigenvalue weighted by atomic mass is 16.6. The third-order valence-electron chi connectivity index (χ3n) is 1.51. The number of hydrogen-bond donors (Lipinski definition) is 0. The highest BCUT2D eigenvalue weighted by molar-refractivity contribution is 6.63. The summed E-state index contributed by atoms with van der Waals surface area (Å²) in [6.07, 6.45) is 1.36. The summed E-state index contributed by atoms with van der Waals surface area (Å²) in [5.41, 5.74) is 0. The van der Waals surface area contributed by atoms with Crippen molar-refractivity contribution in [1.82, 2.24) is 4.57 Å². The number of aromatic nitrogens is 1. The zero-order valence-corrected chi connectivity index (χ0v) is 5.81. The van der Waals surface area contributed by atoms with E-state index in [9.17, 15) is 14.4 Å². The first-order chi connectivity index (χ1) is 5.70. The average molecular weight is 165 g/mol. The van der Waals surface area contributed by atoms with E-state index in [1.807, 2.05) is 0 Å². The van der Waals surface area contributed by atoms with E-state index in [4.69, 9.17) is 0 Å². The van der Waals surface area contributed by atoms with E-state index < -0.39 is 17.7 Å². The first-order valence-electron chi connectivity index (χ1n) is 3.18. The normalized spacial score (nSPS) is 15.8. The fourth-order valence-corrected chi connectivity index (χ4v) is 0.954. The van der Waals surface area contributed by atoms with Crippen molar-refractivity contribution in [3.63, 3.8) is 0 Å². The summed E-state index contributed by atoms with van der Waals surface area (Å²) in [4.78, 5) is 32.4. The molecule has 0 bridgehead atoms. The van der Waals surface area contributed by atoms with Crippen molar-refractivity contribution >= 4 is 17.7 Å². The molecule has 0 saturated heterocycles. The fraction of sp³-hybridized carbons (Fsp3) is 0. The van der Waals surface area contributed by atoms with Crippen molar-refractivity contribution < 1.29 is 19.1 Å². The molecule has 12 heavy (non-hydrogen) atoms. The molecule has 0 amide bonds. The maximum Gasteiger partial charge on any atom is 0.391 e. The van der Waals surface area contributed by atoms with Gasteiger partial charge in [-0.1, -0.05) is 0 Å². The quantitative estimate of drug-likeness (QED) is 0.388. The Morgan fingerprint density at radius 1 is 1.25 bits per heavy atom. The number of ether oxygens (including phenoxy) is 1. The second-order valence-corrected chi connectivity index (χ2v) is 2.24. The third kappa shape index (κ3) is 0.701. The molecule has 0 unspecified atom stereocenters. The Morgan fingerprint density at radius 2 is 2.00 bits per heavy atom. The summed E-state index contributed by atoms with van der Waals surface area (Å²) in [6, 6.07) is 2.95. The molecular weight excluding hydrogens is 162 g/mol. The molecule has 1 aromatic rings. The van der Waals surface area contributed by atoms with Gasteiger partial charge in [0.1, 0.15) is 0 Å². The van der Waals surface area contributed by atoms with Crippen LogP contribution in [0.25, 0.3) is 0 Å². The van der Waals surface area contributed by atoms with Gasteiger partial charge in [0.25, 0.3) is 0 Å². The number of carbonyl (C=O) groups excluding carboxylic acids is 3.